The van der Waals surface area contributed by atoms with E-state index in [1.54, 1.807) is 0 Å². The van der Waals surface area contributed by atoms with Crippen LogP contribution in [0.25, 0.3) is 0 Å². The molecule has 0 spiro atoms. The molecule has 0 aromatic heterocycles. The fourth-order valence-corrected chi connectivity index (χ4v) is 3.71. The molecular weight excluding hydrogens is 204 g/mol. The van der Waals surface area contributed by atoms with Crippen molar-refractivity contribution in [2.45, 2.75) is 18.6 Å². The Morgan fingerprint density at radius 2 is 1.80 bits per heavy atom. The molecule has 0 amide bonds. The van der Waals surface area contributed by atoms with Gasteiger partial charge in [-0.3, -0.25) is 4.90 Å². The summed E-state index contributed by atoms with van der Waals surface area (Å²) in [7, 11) is 0. The molecule has 0 radical (unpaired) electrons. The number of thioether (sulfide) groups is 1. The van der Waals surface area contributed by atoms with Gasteiger partial charge in [-0.25, -0.2) is 0 Å². The van der Waals surface area contributed by atoms with Gasteiger partial charge in [0.2, 0.25) is 0 Å². The van der Waals surface area contributed by atoms with E-state index in [-0.39, 0.29) is 0 Å². The van der Waals surface area contributed by atoms with Crippen molar-refractivity contribution in [1.82, 2.24) is 4.90 Å². The third-order valence-corrected chi connectivity index (χ3v) is 5.12. The van der Waals surface area contributed by atoms with Crippen molar-refractivity contribution in [3.8, 4) is 0 Å². The van der Waals surface area contributed by atoms with Gasteiger partial charge >= 0.3 is 0 Å². The summed E-state index contributed by atoms with van der Waals surface area (Å²) in [6.45, 7) is 2.98. The van der Waals surface area contributed by atoms with E-state index in [0.717, 1.165) is 19.6 Å². The monoisotopic (exact) mass is 220 g/mol. The summed E-state index contributed by atoms with van der Waals surface area (Å²) in [6, 6.07) is 8.75. The first-order valence-corrected chi connectivity index (χ1v) is 6.59. The number of rotatable bonds is 2. The van der Waals surface area contributed by atoms with E-state index in [1.807, 2.05) is 11.8 Å². The summed E-state index contributed by atoms with van der Waals surface area (Å²) in [5.41, 5.74) is 9.20. The lowest BCUT2D eigenvalue weighted by Crippen LogP contribution is -2.60. The SMILES string of the molecule is NCC1(N2Cc3ccccc3C2)CSC1. The summed E-state index contributed by atoms with van der Waals surface area (Å²) < 4.78 is 0. The Morgan fingerprint density at radius 3 is 2.20 bits per heavy atom. The van der Waals surface area contributed by atoms with Crippen LogP contribution in [0.5, 0.6) is 0 Å². The largest absolute Gasteiger partial charge is 0.329 e. The van der Waals surface area contributed by atoms with E-state index in [4.69, 9.17) is 5.73 Å². The Labute approximate surface area is 94.8 Å². The highest BCUT2D eigenvalue weighted by molar-refractivity contribution is 8.00. The van der Waals surface area contributed by atoms with Crippen molar-refractivity contribution < 1.29 is 0 Å². The van der Waals surface area contributed by atoms with E-state index in [2.05, 4.69) is 29.2 Å². The third kappa shape index (κ3) is 1.41. The summed E-state index contributed by atoms with van der Waals surface area (Å²) >= 11 is 2.01. The minimum absolute atomic E-state index is 0.295. The fourth-order valence-electron chi connectivity index (χ4n) is 2.44. The maximum atomic E-state index is 5.93. The first-order chi connectivity index (χ1) is 7.34. The molecule has 1 fully saturated rings. The van der Waals surface area contributed by atoms with Crippen LogP contribution in [0.2, 0.25) is 0 Å². The summed E-state index contributed by atoms with van der Waals surface area (Å²) in [5, 5.41) is 0. The molecule has 15 heavy (non-hydrogen) atoms. The van der Waals surface area contributed by atoms with Gasteiger partial charge < -0.3 is 5.73 Å². The number of hydrogen-bond donors (Lipinski definition) is 1. The van der Waals surface area contributed by atoms with Crippen molar-refractivity contribution in [3.05, 3.63) is 35.4 Å². The number of nitrogens with two attached hydrogens (primary N) is 1. The van der Waals surface area contributed by atoms with Gasteiger partial charge in [0.05, 0.1) is 5.54 Å². The second-order valence-corrected chi connectivity index (χ2v) is 5.53. The van der Waals surface area contributed by atoms with Gasteiger partial charge in [0, 0.05) is 31.1 Å². The molecule has 80 valence electrons. The van der Waals surface area contributed by atoms with E-state index < -0.39 is 0 Å². The van der Waals surface area contributed by atoms with Crippen LogP contribution in [0.1, 0.15) is 11.1 Å². The highest BCUT2D eigenvalue weighted by atomic mass is 32.2. The molecule has 1 aromatic rings. The number of fused-ring (bicyclic) bond motifs is 1. The average Bonchev–Trinajstić information content (AvgIpc) is 2.60. The minimum atomic E-state index is 0.295. The third-order valence-electron chi connectivity index (χ3n) is 3.63. The zero-order valence-electron chi connectivity index (χ0n) is 8.78. The van der Waals surface area contributed by atoms with Crippen molar-refractivity contribution in [1.29, 1.82) is 0 Å². The standard InChI is InChI=1S/C12H16N2S/c13-7-12(8-15-9-12)14-5-10-3-1-2-4-11(10)6-14/h1-4H,5-9,13H2. The van der Waals surface area contributed by atoms with Crippen LogP contribution in [-0.4, -0.2) is 28.5 Å². The molecule has 3 rings (SSSR count). The minimum Gasteiger partial charge on any atom is -0.329 e. The van der Waals surface area contributed by atoms with Crippen molar-refractivity contribution >= 4 is 11.8 Å². The highest BCUT2D eigenvalue weighted by Gasteiger charge is 2.43. The first-order valence-electron chi connectivity index (χ1n) is 5.44. The number of hydrogen-bond acceptors (Lipinski definition) is 3. The van der Waals surface area contributed by atoms with Crippen LogP contribution in [0.3, 0.4) is 0 Å². The average molecular weight is 220 g/mol. The summed E-state index contributed by atoms with van der Waals surface area (Å²) in [4.78, 5) is 2.56. The molecule has 0 bridgehead atoms. The molecule has 2 heterocycles. The fraction of sp³-hybridized carbons (Fsp3) is 0.500. The summed E-state index contributed by atoms with van der Waals surface area (Å²) in [6.07, 6.45) is 0. The molecule has 2 aliphatic heterocycles. The summed E-state index contributed by atoms with van der Waals surface area (Å²) in [5.74, 6) is 2.41. The second-order valence-electron chi connectivity index (χ2n) is 4.55. The Bertz CT molecular complexity index is 343. The van der Waals surface area contributed by atoms with E-state index in [9.17, 15) is 0 Å². The van der Waals surface area contributed by atoms with E-state index in [1.165, 1.54) is 22.6 Å². The van der Waals surface area contributed by atoms with Crippen LogP contribution in [0.4, 0.5) is 0 Å². The van der Waals surface area contributed by atoms with Gasteiger partial charge in [0.15, 0.2) is 0 Å². The molecule has 1 saturated heterocycles. The Hall–Kier alpha value is -0.510. The Balaban J connectivity index is 1.83. The van der Waals surface area contributed by atoms with Crippen LogP contribution in [0.15, 0.2) is 24.3 Å². The maximum Gasteiger partial charge on any atom is 0.0519 e. The predicted octanol–water partition coefficient (Wildman–Crippen LogP) is 1.45. The van der Waals surface area contributed by atoms with E-state index >= 15 is 0 Å². The predicted molar refractivity (Wildman–Crippen MR) is 64.8 cm³/mol. The maximum absolute atomic E-state index is 5.93. The molecular formula is C12H16N2S. The van der Waals surface area contributed by atoms with Gasteiger partial charge in [-0.05, 0) is 11.1 Å². The van der Waals surface area contributed by atoms with Gasteiger partial charge in [0.1, 0.15) is 0 Å². The quantitative estimate of drug-likeness (QED) is 0.818. The molecule has 1 aromatic carbocycles. The topological polar surface area (TPSA) is 29.3 Å². The van der Waals surface area contributed by atoms with E-state index in [0.29, 0.717) is 5.54 Å². The molecule has 2 aliphatic rings. The van der Waals surface area contributed by atoms with Gasteiger partial charge in [0.25, 0.3) is 0 Å². The van der Waals surface area contributed by atoms with Gasteiger partial charge in [-0.15, -0.1) is 0 Å². The smallest absolute Gasteiger partial charge is 0.0519 e. The number of benzene rings is 1. The zero-order chi connectivity index (χ0) is 10.3. The molecule has 2 nitrogen and oxygen atoms in total. The lowest BCUT2D eigenvalue weighted by atomic mass is 10.0. The van der Waals surface area contributed by atoms with Crippen LogP contribution in [0, 0.1) is 0 Å². The molecule has 0 unspecified atom stereocenters. The lowest BCUT2D eigenvalue weighted by Gasteiger charge is -2.47. The van der Waals surface area contributed by atoms with Gasteiger partial charge in [-0.1, -0.05) is 24.3 Å². The molecule has 0 atom stereocenters. The van der Waals surface area contributed by atoms with Crippen LogP contribution in [-0.2, 0) is 13.1 Å². The second kappa shape index (κ2) is 3.51. The van der Waals surface area contributed by atoms with Gasteiger partial charge in [-0.2, -0.15) is 11.8 Å². The number of nitrogens with zero attached hydrogens (tertiary/aromatic N) is 1. The normalized spacial score (nSPS) is 23.5. The zero-order valence-corrected chi connectivity index (χ0v) is 9.59. The molecule has 0 saturated carbocycles. The Kier molecular flexibility index (Phi) is 2.27. The first kappa shape index (κ1) is 9.70. The van der Waals surface area contributed by atoms with Crippen LogP contribution < -0.4 is 5.73 Å². The van der Waals surface area contributed by atoms with Crippen LogP contribution >= 0.6 is 11.8 Å². The highest BCUT2D eigenvalue weighted by Crippen LogP contribution is 2.39. The Morgan fingerprint density at radius 1 is 1.20 bits per heavy atom. The molecule has 0 aliphatic carbocycles. The molecule has 3 heteroatoms. The molecule has 2 N–H and O–H groups in total. The van der Waals surface area contributed by atoms with Crippen molar-refractivity contribution in [2.24, 2.45) is 5.73 Å². The van der Waals surface area contributed by atoms with Crippen molar-refractivity contribution in [3.63, 3.8) is 0 Å². The lowest BCUT2D eigenvalue weighted by molar-refractivity contribution is 0.124. The van der Waals surface area contributed by atoms with Crippen molar-refractivity contribution in [2.75, 3.05) is 18.1 Å².